The zero-order chi connectivity index (χ0) is 15.4. The van der Waals surface area contributed by atoms with Gasteiger partial charge in [-0.25, -0.2) is 4.98 Å². The average Bonchev–Trinajstić information content (AvgIpc) is 3.20. The summed E-state index contributed by atoms with van der Waals surface area (Å²) in [4.78, 5) is 9.05. The zero-order valence-corrected chi connectivity index (χ0v) is 12.9. The smallest absolute Gasteiger partial charge is 0.107 e. The summed E-state index contributed by atoms with van der Waals surface area (Å²) in [6.45, 7) is 2.71. The molecule has 0 aliphatic heterocycles. The molecule has 1 aromatic carbocycles. The lowest BCUT2D eigenvalue weighted by molar-refractivity contribution is 0.212. The van der Waals surface area contributed by atoms with Gasteiger partial charge in [-0.05, 0) is 37.5 Å². The lowest BCUT2D eigenvalue weighted by Gasteiger charge is -2.09. The summed E-state index contributed by atoms with van der Waals surface area (Å²) < 4.78 is 1.97. The van der Waals surface area contributed by atoms with Crippen LogP contribution in [0.25, 0.3) is 0 Å². The molecule has 22 heavy (non-hydrogen) atoms. The number of aryl methyl sites for hydroxylation is 1. The second-order valence-electron chi connectivity index (χ2n) is 5.53. The van der Waals surface area contributed by atoms with Crippen molar-refractivity contribution in [3.8, 4) is 11.8 Å². The predicted molar refractivity (Wildman–Crippen MR) is 86.6 cm³/mol. The van der Waals surface area contributed by atoms with Crippen molar-refractivity contribution in [2.75, 3.05) is 7.11 Å². The molecular formula is C18H19N3O. The number of aromatic nitrogens is 2. The lowest BCUT2D eigenvalue weighted by Crippen LogP contribution is -2.11. The standard InChI is InChI=1S/C18H19N3O/c1-14-11-17(8-7-16(14)6-5-15-3-4-15)18(20-22-2)12-21-10-9-19-13-21/h7-11,13,15H,3-4,12H2,1-2H3/b20-18+. The van der Waals surface area contributed by atoms with E-state index in [4.69, 9.17) is 4.84 Å². The summed E-state index contributed by atoms with van der Waals surface area (Å²) in [5.74, 6) is 7.21. The van der Waals surface area contributed by atoms with Crippen LogP contribution in [-0.2, 0) is 11.4 Å². The van der Waals surface area contributed by atoms with Crippen LogP contribution in [0, 0.1) is 24.7 Å². The molecule has 0 atom stereocenters. The Morgan fingerprint density at radius 3 is 2.95 bits per heavy atom. The highest BCUT2D eigenvalue weighted by molar-refractivity contribution is 6.00. The maximum Gasteiger partial charge on any atom is 0.107 e. The summed E-state index contributed by atoms with van der Waals surface area (Å²) >= 11 is 0. The monoisotopic (exact) mass is 293 g/mol. The number of imidazole rings is 1. The van der Waals surface area contributed by atoms with E-state index in [1.807, 2.05) is 10.8 Å². The van der Waals surface area contributed by atoms with E-state index < -0.39 is 0 Å². The zero-order valence-electron chi connectivity index (χ0n) is 12.9. The Kier molecular flexibility index (Phi) is 4.24. The van der Waals surface area contributed by atoms with E-state index in [2.05, 4.69) is 47.1 Å². The first-order chi connectivity index (χ1) is 10.8. The molecule has 4 heteroatoms. The summed E-state index contributed by atoms with van der Waals surface area (Å²) in [6, 6.07) is 6.24. The first-order valence-electron chi connectivity index (χ1n) is 7.44. The van der Waals surface area contributed by atoms with Gasteiger partial charge < -0.3 is 9.40 Å². The average molecular weight is 293 g/mol. The van der Waals surface area contributed by atoms with Crippen LogP contribution in [0.5, 0.6) is 0 Å². The molecule has 1 fully saturated rings. The van der Waals surface area contributed by atoms with Gasteiger partial charge in [0.2, 0.25) is 0 Å². The van der Waals surface area contributed by atoms with Gasteiger partial charge in [0.1, 0.15) is 12.8 Å². The third kappa shape index (κ3) is 3.56. The Balaban J connectivity index is 1.84. The van der Waals surface area contributed by atoms with Crippen molar-refractivity contribution in [3.63, 3.8) is 0 Å². The summed E-state index contributed by atoms with van der Waals surface area (Å²) in [6.07, 6.45) is 7.94. The van der Waals surface area contributed by atoms with Crippen molar-refractivity contribution in [2.45, 2.75) is 26.3 Å². The van der Waals surface area contributed by atoms with Crippen molar-refractivity contribution in [3.05, 3.63) is 53.6 Å². The van der Waals surface area contributed by atoms with E-state index in [1.165, 1.54) is 18.4 Å². The number of benzene rings is 1. The van der Waals surface area contributed by atoms with Gasteiger partial charge in [-0.15, -0.1) is 0 Å². The molecule has 0 radical (unpaired) electrons. The molecule has 2 aromatic rings. The molecule has 1 aliphatic rings. The van der Waals surface area contributed by atoms with Crippen molar-refractivity contribution < 1.29 is 4.84 Å². The molecule has 0 spiro atoms. The summed E-state index contributed by atoms with van der Waals surface area (Å²) in [5.41, 5.74) is 4.17. The van der Waals surface area contributed by atoms with Crippen molar-refractivity contribution in [2.24, 2.45) is 11.1 Å². The maximum absolute atomic E-state index is 4.99. The minimum absolute atomic E-state index is 0.617. The van der Waals surface area contributed by atoms with Gasteiger partial charge >= 0.3 is 0 Å². The van der Waals surface area contributed by atoms with Gasteiger partial charge in [0.25, 0.3) is 0 Å². The first-order valence-corrected chi connectivity index (χ1v) is 7.44. The third-order valence-electron chi connectivity index (χ3n) is 3.64. The van der Waals surface area contributed by atoms with Crippen LogP contribution in [0.1, 0.15) is 29.5 Å². The molecule has 1 aromatic heterocycles. The van der Waals surface area contributed by atoms with Crippen LogP contribution in [0.2, 0.25) is 0 Å². The molecule has 1 aliphatic carbocycles. The van der Waals surface area contributed by atoms with Crippen molar-refractivity contribution >= 4 is 5.71 Å². The second-order valence-corrected chi connectivity index (χ2v) is 5.53. The van der Waals surface area contributed by atoms with Crippen molar-refractivity contribution in [1.82, 2.24) is 9.55 Å². The largest absolute Gasteiger partial charge is 0.399 e. The highest BCUT2D eigenvalue weighted by Gasteiger charge is 2.17. The van der Waals surface area contributed by atoms with Crippen LogP contribution in [0.4, 0.5) is 0 Å². The fraction of sp³-hybridized carbons (Fsp3) is 0.333. The van der Waals surface area contributed by atoms with E-state index in [0.717, 1.165) is 16.8 Å². The fourth-order valence-corrected chi connectivity index (χ4v) is 2.23. The number of hydrogen-bond donors (Lipinski definition) is 0. The van der Waals surface area contributed by atoms with Crippen LogP contribution in [0.3, 0.4) is 0 Å². The molecule has 3 rings (SSSR count). The maximum atomic E-state index is 4.99. The number of hydrogen-bond acceptors (Lipinski definition) is 3. The number of nitrogens with zero attached hydrogens (tertiary/aromatic N) is 3. The SMILES string of the molecule is CO/N=C(\Cn1ccnc1)c1ccc(C#CC2CC2)c(C)c1. The highest BCUT2D eigenvalue weighted by Crippen LogP contribution is 2.27. The minimum Gasteiger partial charge on any atom is -0.399 e. The molecule has 0 bridgehead atoms. The second kappa shape index (κ2) is 6.48. The fourth-order valence-electron chi connectivity index (χ4n) is 2.23. The van der Waals surface area contributed by atoms with E-state index in [0.29, 0.717) is 12.5 Å². The molecule has 112 valence electrons. The van der Waals surface area contributed by atoms with Gasteiger partial charge in [-0.2, -0.15) is 0 Å². The summed E-state index contributed by atoms with van der Waals surface area (Å²) in [5, 5.41) is 4.16. The van der Waals surface area contributed by atoms with E-state index >= 15 is 0 Å². The van der Waals surface area contributed by atoms with Gasteiger partial charge in [-0.1, -0.05) is 23.1 Å². The molecule has 1 heterocycles. The topological polar surface area (TPSA) is 39.4 Å². The Hall–Kier alpha value is -2.54. The molecule has 0 saturated heterocycles. The van der Waals surface area contributed by atoms with E-state index in [1.54, 1.807) is 19.6 Å². The summed E-state index contributed by atoms with van der Waals surface area (Å²) in [7, 11) is 1.57. The lowest BCUT2D eigenvalue weighted by atomic mass is 10.0. The van der Waals surface area contributed by atoms with Crippen LogP contribution >= 0.6 is 0 Å². The Labute approximate surface area is 130 Å². The van der Waals surface area contributed by atoms with Gasteiger partial charge in [0, 0.05) is 29.4 Å². The minimum atomic E-state index is 0.617. The number of oxime groups is 1. The molecule has 1 saturated carbocycles. The number of rotatable bonds is 4. The van der Waals surface area contributed by atoms with Gasteiger partial charge in [0.15, 0.2) is 0 Å². The normalized spacial score (nSPS) is 14.4. The van der Waals surface area contributed by atoms with E-state index in [-0.39, 0.29) is 0 Å². The highest BCUT2D eigenvalue weighted by atomic mass is 16.6. The van der Waals surface area contributed by atoms with Crippen LogP contribution in [-0.4, -0.2) is 22.4 Å². The van der Waals surface area contributed by atoms with Gasteiger partial charge in [0.05, 0.1) is 12.9 Å². The van der Waals surface area contributed by atoms with Gasteiger partial charge in [-0.3, -0.25) is 0 Å². The van der Waals surface area contributed by atoms with Crippen molar-refractivity contribution in [1.29, 1.82) is 0 Å². The van der Waals surface area contributed by atoms with E-state index in [9.17, 15) is 0 Å². The molecule has 0 amide bonds. The quantitative estimate of drug-likeness (QED) is 0.494. The van der Waals surface area contributed by atoms with Crippen LogP contribution < -0.4 is 0 Å². The Morgan fingerprint density at radius 2 is 2.32 bits per heavy atom. The Morgan fingerprint density at radius 1 is 1.45 bits per heavy atom. The molecular weight excluding hydrogens is 274 g/mol. The molecule has 4 nitrogen and oxygen atoms in total. The Bertz CT molecular complexity index is 731. The third-order valence-corrected chi connectivity index (χ3v) is 3.64. The first kappa shape index (κ1) is 14.4. The molecule has 0 unspecified atom stereocenters. The predicted octanol–water partition coefficient (Wildman–Crippen LogP) is 3.00. The molecule has 0 N–H and O–H groups in total. The van der Waals surface area contributed by atoms with Crippen LogP contribution in [0.15, 0.2) is 42.1 Å².